The quantitative estimate of drug-likeness (QED) is 0.365. The van der Waals surface area contributed by atoms with Crippen LogP contribution in [0.5, 0.6) is 0 Å². The van der Waals surface area contributed by atoms with Gasteiger partial charge in [-0.25, -0.2) is 0 Å². The summed E-state index contributed by atoms with van der Waals surface area (Å²) in [5.41, 5.74) is 0. The van der Waals surface area contributed by atoms with E-state index in [1.807, 2.05) is 0 Å². The fourth-order valence-corrected chi connectivity index (χ4v) is 0. The van der Waals surface area contributed by atoms with Crippen molar-refractivity contribution in [2.45, 2.75) is 0 Å². The van der Waals surface area contributed by atoms with E-state index >= 15 is 0 Å². The number of hydrogen-bond donors (Lipinski definition) is 3. The van der Waals surface area contributed by atoms with Gasteiger partial charge in [-0.1, -0.05) is 0 Å². The summed E-state index contributed by atoms with van der Waals surface area (Å²) in [6, 6.07) is 0. The van der Waals surface area contributed by atoms with E-state index in [9.17, 15) is 3.74 Å². The molecule has 0 heterocycles. The van der Waals surface area contributed by atoms with Crippen molar-refractivity contribution in [1.29, 1.82) is 1.43 Å². The molecule has 5 heavy (non-hydrogen) atoms. The van der Waals surface area contributed by atoms with Crippen molar-refractivity contribution >= 4 is 14.5 Å². The van der Waals surface area contributed by atoms with Gasteiger partial charge in [-0.2, -0.15) is 0 Å². The molecule has 32 valence electrons. The van der Waals surface area contributed by atoms with Crippen LogP contribution >= 0.6 is 0 Å². The molecule has 0 aliphatic heterocycles. The molecule has 0 spiro atoms. The Bertz CT molecular complexity index is 71.6. The molecule has 0 aromatic heterocycles. The normalized spacial score (nSPS) is 14.4. The molecule has 0 aromatic rings. The van der Waals surface area contributed by atoms with Gasteiger partial charge < -0.3 is 0 Å². The first-order chi connectivity index (χ1) is 2.56. The average Bonchev–Trinajstić information content (AvgIpc) is 1.35. The second-order valence-electron chi connectivity index (χ2n) is 0.491. The molecule has 0 radical (unpaired) electrons. The Kier molecular flexibility index (Phi) is 0.783. The minimum absolute atomic E-state index is 2.91. The first-order valence-electron chi connectivity index (χ1n) is 1.17. The van der Waals surface area contributed by atoms with Gasteiger partial charge in [0.25, 0.3) is 0 Å². The van der Waals surface area contributed by atoms with E-state index in [-0.39, 0.29) is 0 Å². The Morgan fingerprint density at radius 2 is 2.00 bits per heavy atom. The molecule has 0 rings (SSSR count). The van der Waals surface area contributed by atoms with Crippen molar-refractivity contribution < 1.29 is 16.0 Å². The van der Waals surface area contributed by atoms with Crippen LogP contribution in [-0.4, -0.2) is 28.2 Å². The average molecular weight is 143 g/mol. The maximum atomic E-state index is 9.35. The molecule has 0 aliphatic carbocycles. The molecular weight excluding hydrogens is 139 g/mol. The summed E-state index contributed by atoms with van der Waals surface area (Å²) in [6.45, 7) is 0. The van der Waals surface area contributed by atoms with E-state index < -0.39 is 14.5 Å². The van der Waals surface area contributed by atoms with Gasteiger partial charge in [0.05, 0.1) is 0 Å². The molecular formula is H3AsO4. The van der Waals surface area contributed by atoms with Gasteiger partial charge in [-0.3, -0.25) is 0 Å². The van der Waals surface area contributed by atoms with Crippen LogP contribution in [0.4, 0.5) is 0 Å². The monoisotopic (exact) mass is 143 g/mol. The third kappa shape index (κ3) is 374. The Balaban J connectivity index is 3.48. The standard InChI is InChI=1S/AsH3O4/c2-1(3,4)5/h(H3,2,3,4,5)/i/hD. The maximum absolute atomic E-state index is 9.35. The number of rotatable bonds is 1. The number of hydrogen-bond acceptors (Lipinski definition) is 2. The van der Waals surface area contributed by atoms with E-state index in [1.165, 1.54) is 0 Å². The molecule has 0 fully saturated rings. The third-order valence-corrected chi connectivity index (χ3v) is 0. The summed E-state index contributed by atoms with van der Waals surface area (Å²) in [6.07, 6.45) is 0. The summed E-state index contributed by atoms with van der Waals surface area (Å²) in [4.78, 5) is 0. The van der Waals surface area contributed by atoms with Crippen LogP contribution < -0.4 is 0 Å². The molecule has 5 heteroatoms. The summed E-state index contributed by atoms with van der Waals surface area (Å²) in [7, 11) is 0. The summed E-state index contributed by atoms with van der Waals surface area (Å²) in [5.74, 6) is 0. The molecule has 0 bridgehead atoms. The van der Waals surface area contributed by atoms with Gasteiger partial charge >= 0.3 is 32.0 Å². The van der Waals surface area contributed by atoms with Crippen LogP contribution in [0.15, 0.2) is 0 Å². The van der Waals surface area contributed by atoms with Crippen LogP contribution in [0.1, 0.15) is 0 Å². The van der Waals surface area contributed by atoms with E-state index in [2.05, 4.69) is 4.10 Å². The summed E-state index contributed by atoms with van der Waals surface area (Å²) in [5, 5.41) is 0. The molecule has 0 aliphatic rings. The van der Waals surface area contributed by atoms with Crippen LogP contribution in [-0.2, 0) is 3.74 Å². The van der Waals surface area contributed by atoms with E-state index in [0.717, 1.165) is 0 Å². The Morgan fingerprint density at radius 3 is 2.00 bits per heavy atom. The van der Waals surface area contributed by atoms with Crippen molar-refractivity contribution in [3.8, 4) is 0 Å². The zero-order chi connectivity index (χ0) is 5.21. The van der Waals surface area contributed by atoms with Crippen molar-refractivity contribution in [3.05, 3.63) is 0 Å². The molecule has 0 saturated carbocycles. The zero-order valence-corrected chi connectivity index (χ0v) is 4.03. The summed E-state index contributed by atoms with van der Waals surface area (Å²) < 4.78 is 33.1. The fraction of sp³-hybridized carbons (Fsp3) is 0. The van der Waals surface area contributed by atoms with E-state index in [0.29, 0.717) is 0 Å². The first-order valence-corrected chi connectivity index (χ1v) is 3.98. The van der Waals surface area contributed by atoms with Gasteiger partial charge in [0.1, 0.15) is 0 Å². The zero-order valence-electron chi connectivity index (χ0n) is 3.16. The van der Waals surface area contributed by atoms with Gasteiger partial charge in [0, 0.05) is 0 Å². The Labute approximate surface area is 32.9 Å². The molecule has 4 nitrogen and oxygen atoms in total. The minimum atomic E-state index is -4.99. The fourth-order valence-electron chi connectivity index (χ4n) is 0. The molecule has 3 N–H and O–H groups in total. The van der Waals surface area contributed by atoms with Crippen molar-refractivity contribution in [2.24, 2.45) is 0 Å². The van der Waals surface area contributed by atoms with Gasteiger partial charge in [-0.15, -0.1) is 0 Å². The van der Waals surface area contributed by atoms with Crippen LogP contribution in [0, 0.1) is 0 Å². The van der Waals surface area contributed by atoms with E-state index in [1.54, 1.807) is 0 Å². The predicted molar refractivity (Wildman–Crippen MR) is 13.1 cm³/mol. The van der Waals surface area contributed by atoms with Crippen LogP contribution in [0.2, 0.25) is 0 Å². The Hall–Kier alpha value is 0.238. The SMILES string of the molecule is [2H]O[As](=O)(O)O. The Morgan fingerprint density at radius 1 is 1.80 bits per heavy atom. The van der Waals surface area contributed by atoms with Gasteiger partial charge in [0.15, 0.2) is 0 Å². The van der Waals surface area contributed by atoms with Crippen molar-refractivity contribution in [1.82, 2.24) is 0 Å². The topological polar surface area (TPSA) is 77.8 Å². The summed E-state index contributed by atoms with van der Waals surface area (Å²) >= 11 is -4.99. The van der Waals surface area contributed by atoms with Crippen molar-refractivity contribution in [3.63, 3.8) is 0 Å². The second-order valence-corrected chi connectivity index (χ2v) is 2.55. The molecule has 0 unspecified atom stereocenters. The molecule has 0 aromatic carbocycles. The predicted octanol–water partition coefficient (Wildman–Crippen LogP) is -2.17. The van der Waals surface area contributed by atoms with E-state index in [4.69, 9.17) is 9.62 Å². The third-order valence-electron chi connectivity index (χ3n) is 0. The van der Waals surface area contributed by atoms with Crippen LogP contribution in [0.25, 0.3) is 0 Å². The first kappa shape index (κ1) is 3.43. The molecule has 0 atom stereocenters. The van der Waals surface area contributed by atoms with Gasteiger partial charge in [0.2, 0.25) is 0 Å². The van der Waals surface area contributed by atoms with Crippen molar-refractivity contribution in [2.75, 3.05) is 0 Å². The second kappa shape index (κ2) is 1.14. The van der Waals surface area contributed by atoms with Crippen LogP contribution in [0.3, 0.4) is 0 Å². The molecule has 0 saturated heterocycles. The van der Waals surface area contributed by atoms with Gasteiger partial charge in [-0.05, 0) is 0 Å². The molecule has 0 amide bonds.